The highest BCUT2D eigenvalue weighted by Gasteiger charge is 2.58. The topological polar surface area (TPSA) is 179 Å². The van der Waals surface area contributed by atoms with Gasteiger partial charge >= 0.3 is 12.0 Å². The number of ketones is 1. The molecule has 4 unspecified atom stereocenters. The van der Waals surface area contributed by atoms with Crippen molar-refractivity contribution in [2.24, 2.45) is 5.92 Å². The number of fused-ring (bicyclic) bond motifs is 2. The number of hydrogen-bond acceptors (Lipinski definition) is 10. The van der Waals surface area contributed by atoms with Crippen LogP contribution in [0.15, 0.2) is 48.7 Å². The fourth-order valence-electron chi connectivity index (χ4n) is 6.49. The smallest absolute Gasteiger partial charge is 0.329 e. The summed E-state index contributed by atoms with van der Waals surface area (Å²) in [5.41, 5.74) is -0.496. The number of carboxylic acid groups (broad SMARTS) is 1. The van der Waals surface area contributed by atoms with Crippen molar-refractivity contribution in [1.82, 2.24) is 30.2 Å². The van der Waals surface area contributed by atoms with E-state index in [2.05, 4.69) is 30.9 Å². The summed E-state index contributed by atoms with van der Waals surface area (Å²) in [7, 11) is 0. The molecule has 3 aliphatic heterocycles. The van der Waals surface area contributed by atoms with E-state index in [9.17, 15) is 19.5 Å². The molecule has 42 heavy (non-hydrogen) atoms. The molecule has 4 N–H and O–H groups in total. The zero-order chi connectivity index (χ0) is 28.8. The number of aromatic nitrogens is 4. The minimum absolute atomic E-state index is 0.0991. The summed E-state index contributed by atoms with van der Waals surface area (Å²) in [5.74, 6) is -1.83. The second kappa shape index (κ2) is 10.4. The Hall–Kier alpha value is -4.56. The minimum Gasteiger partial charge on any atom is -0.480 e. The number of carbonyl (C=O) groups excluding carboxylic acids is 2. The minimum atomic E-state index is -1.61. The van der Waals surface area contributed by atoms with Crippen molar-refractivity contribution < 1.29 is 33.7 Å². The fraction of sp³-hybridized carbons (Fsp3) is 0.429. The van der Waals surface area contributed by atoms with Crippen LogP contribution in [0.5, 0.6) is 0 Å². The van der Waals surface area contributed by atoms with Gasteiger partial charge in [-0.3, -0.25) is 15.4 Å². The average molecular weight is 576 g/mol. The van der Waals surface area contributed by atoms with E-state index in [1.54, 1.807) is 30.3 Å². The molecule has 1 aromatic carbocycles. The molecular weight excluding hydrogens is 546 g/mol. The van der Waals surface area contributed by atoms with Crippen molar-refractivity contribution in [1.29, 1.82) is 0 Å². The Bertz CT molecular complexity index is 1590. The molecule has 2 saturated heterocycles. The Balaban J connectivity index is 1.17. The molecule has 4 aliphatic rings. The molecule has 1 aliphatic carbocycles. The molecular formula is C28H29N7O7. The summed E-state index contributed by atoms with van der Waals surface area (Å²) in [5, 5.41) is 19.2. The summed E-state index contributed by atoms with van der Waals surface area (Å²) < 4.78 is 19.2. The Morgan fingerprint density at radius 3 is 2.67 bits per heavy atom. The van der Waals surface area contributed by atoms with Gasteiger partial charge in [-0.1, -0.05) is 43.2 Å². The number of anilines is 1. The van der Waals surface area contributed by atoms with E-state index in [1.807, 2.05) is 0 Å². The van der Waals surface area contributed by atoms with E-state index in [-0.39, 0.29) is 36.3 Å². The van der Waals surface area contributed by atoms with Crippen LogP contribution in [0.4, 0.5) is 10.6 Å². The third-order valence-corrected chi connectivity index (χ3v) is 8.47. The van der Waals surface area contributed by atoms with Crippen LogP contribution in [0.3, 0.4) is 0 Å². The second-order valence-corrected chi connectivity index (χ2v) is 10.8. The molecule has 0 bridgehead atoms. The van der Waals surface area contributed by atoms with Crippen LogP contribution in [0.25, 0.3) is 17.0 Å². The molecule has 5 heterocycles. The number of urea groups is 1. The summed E-state index contributed by atoms with van der Waals surface area (Å²) in [6.07, 6.45) is 5.06. The molecule has 2 amide bonds. The van der Waals surface area contributed by atoms with Crippen LogP contribution in [0, 0.1) is 5.92 Å². The highest BCUT2D eigenvalue weighted by atomic mass is 16.7. The van der Waals surface area contributed by atoms with Crippen molar-refractivity contribution >= 4 is 40.6 Å². The van der Waals surface area contributed by atoms with E-state index in [4.69, 9.17) is 14.2 Å². The van der Waals surface area contributed by atoms with Gasteiger partial charge in [0.15, 0.2) is 53.1 Å². The van der Waals surface area contributed by atoms with Crippen LogP contribution >= 0.6 is 0 Å². The molecule has 3 fully saturated rings. The number of carbonyl (C=O) groups is 3. The molecule has 14 heteroatoms. The SMILES string of the molecule is O=C(Nc1ncnc2c1ncn2C1=C2OCOC2C(C(=O)C2CCNC2(C(=O)O)c2ccccc2)O1)NC1CCCC1. The first-order valence-corrected chi connectivity index (χ1v) is 14.0. The molecule has 3 aromatic rings. The predicted octanol–water partition coefficient (Wildman–Crippen LogP) is 1.95. The van der Waals surface area contributed by atoms with Gasteiger partial charge in [0.2, 0.25) is 5.88 Å². The van der Waals surface area contributed by atoms with E-state index in [1.165, 1.54) is 17.2 Å². The van der Waals surface area contributed by atoms with Crippen molar-refractivity contribution in [3.8, 4) is 0 Å². The Kier molecular flexibility index (Phi) is 6.50. The number of imidazole rings is 1. The Morgan fingerprint density at radius 1 is 1.07 bits per heavy atom. The first-order chi connectivity index (χ1) is 20.5. The largest absolute Gasteiger partial charge is 0.480 e. The summed E-state index contributed by atoms with van der Waals surface area (Å²) in [6, 6.07) is 8.42. The van der Waals surface area contributed by atoms with Gasteiger partial charge in [0.1, 0.15) is 12.7 Å². The fourth-order valence-corrected chi connectivity index (χ4v) is 6.49. The molecule has 1 saturated carbocycles. The molecule has 7 rings (SSSR count). The zero-order valence-corrected chi connectivity index (χ0v) is 22.5. The summed E-state index contributed by atoms with van der Waals surface area (Å²) in [6.45, 7) is 0.241. The zero-order valence-electron chi connectivity index (χ0n) is 22.5. The van der Waals surface area contributed by atoms with Crippen molar-refractivity contribution in [2.75, 3.05) is 18.7 Å². The van der Waals surface area contributed by atoms with Crippen molar-refractivity contribution in [2.45, 2.75) is 55.9 Å². The number of nitrogens with zero attached hydrogens (tertiary/aromatic N) is 4. The first kappa shape index (κ1) is 26.3. The van der Waals surface area contributed by atoms with Gasteiger partial charge in [0, 0.05) is 6.04 Å². The second-order valence-electron chi connectivity index (χ2n) is 10.8. The lowest BCUT2D eigenvalue weighted by Gasteiger charge is -2.32. The maximum absolute atomic E-state index is 14.1. The number of ether oxygens (including phenoxy) is 3. The first-order valence-electron chi connectivity index (χ1n) is 14.0. The monoisotopic (exact) mass is 575 g/mol. The number of benzene rings is 1. The number of carboxylic acids is 1. The number of hydrogen-bond donors (Lipinski definition) is 4. The number of Topliss-reactive ketones (excluding diaryl/α,β-unsaturated/α-hetero) is 1. The van der Waals surface area contributed by atoms with Crippen LogP contribution in [-0.2, 0) is 29.3 Å². The molecule has 0 spiro atoms. The van der Waals surface area contributed by atoms with Gasteiger partial charge in [0.25, 0.3) is 0 Å². The van der Waals surface area contributed by atoms with E-state index in [0.29, 0.717) is 29.7 Å². The van der Waals surface area contributed by atoms with Gasteiger partial charge in [-0.25, -0.2) is 29.1 Å². The molecule has 218 valence electrons. The highest BCUT2D eigenvalue weighted by Crippen LogP contribution is 2.43. The Morgan fingerprint density at radius 2 is 1.88 bits per heavy atom. The predicted molar refractivity (Wildman–Crippen MR) is 146 cm³/mol. The molecule has 14 nitrogen and oxygen atoms in total. The molecule has 0 radical (unpaired) electrons. The lowest BCUT2D eigenvalue weighted by atomic mass is 9.75. The van der Waals surface area contributed by atoms with E-state index in [0.717, 1.165) is 25.7 Å². The van der Waals surface area contributed by atoms with E-state index >= 15 is 0 Å². The maximum Gasteiger partial charge on any atom is 0.329 e. The van der Waals surface area contributed by atoms with Gasteiger partial charge in [-0.15, -0.1) is 0 Å². The van der Waals surface area contributed by atoms with Gasteiger partial charge in [0.05, 0.1) is 5.92 Å². The number of aliphatic carboxylic acids is 1. The molecule has 4 atom stereocenters. The van der Waals surface area contributed by atoms with Gasteiger partial charge < -0.3 is 24.6 Å². The number of rotatable bonds is 7. The van der Waals surface area contributed by atoms with Crippen LogP contribution < -0.4 is 16.0 Å². The standard InChI is InChI=1S/C28H29N7O7/c36-19(17-10-11-32-28(17,26(37)38)15-6-2-1-3-7-15)20-21-22(41-14-40-21)25(42-20)35-13-31-18-23(29-12-30-24(18)35)34-27(39)33-16-8-4-5-9-16/h1-3,6-7,12-13,16-17,20-21,32H,4-5,8-11,14H2,(H,37,38)(H2,29,30,33,34,39). The maximum atomic E-state index is 14.1. The van der Waals surface area contributed by atoms with Crippen LogP contribution in [-0.4, -0.2) is 74.0 Å². The van der Waals surface area contributed by atoms with Crippen molar-refractivity contribution in [3.63, 3.8) is 0 Å². The lowest BCUT2D eigenvalue weighted by molar-refractivity contribution is -0.152. The van der Waals surface area contributed by atoms with Gasteiger partial charge in [-0.05, 0) is 31.4 Å². The van der Waals surface area contributed by atoms with Crippen molar-refractivity contribution in [3.05, 3.63) is 54.3 Å². The lowest BCUT2D eigenvalue weighted by Crippen LogP contribution is -2.54. The third kappa shape index (κ3) is 4.17. The number of amides is 2. The van der Waals surface area contributed by atoms with E-state index < -0.39 is 35.4 Å². The van der Waals surface area contributed by atoms with Crippen LogP contribution in [0.2, 0.25) is 0 Å². The summed E-state index contributed by atoms with van der Waals surface area (Å²) in [4.78, 5) is 52.3. The summed E-state index contributed by atoms with van der Waals surface area (Å²) >= 11 is 0. The van der Waals surface area contributed by atoms with Gasteiger partial charge in [-0.2, -0.15) is 0 Å². The average Bonchev–Trinajstić information content (AvgIpc) is 3.81. The van der Waals surface area contributed by atoms with Crippen LogP contribution in [0.1, 0.15) is 37.7 Å². The normalized spacial score (nSPS) is 27.1. The number of nitrogens with one attached hydrogen (secondary N) is 3. The quantitative estimate of drug-likeness (QED) is 0.324. The molecule has 2 aromatic heterocycles. The Labute approximate surface area is 239 Å². The third-order valence-electron chi connectivity index (χ3n) is 8.47. The highest BCUT2D eigenvalue weighted by molar-refractivity contribution is 5.98.